The molecule has 0 N–H and O–H groups in total. The van der Waals surface area contributed by atoms with Crippen LogP contribution in [0.1, 0.15) is 37.5 Å². The van der Waals surface area contributed by atoms with Gasteiger partial charge in [-0.2, -0.15) is 0 Å². The molecular weight excluding hydrogens is 270 g/mol. The Morgan fingerprint density at radius 2 is 1.59 bits per heavy atom. The molecule has 0 bridgehead atoms. The molecule has 0 aliphatic heterocycles. The maximum atomic E-state index is 5.24. The highest BCUT2D eigenvalue weighted by atomic mass is 16.5. The standard InChI is InChI=1S/C20H27NO/c1-20(2,3)19-12-9-17(21(4)5)14-16(19)13-15-7-10-18(22-6)11-8-15/h7-12,14H,13H2,1-6H3. The van der Waals surface area contributed by atoms with Gasteiger partial charge in [0.1, 0.15) is 5.75 Å². The quantitative estimate of drug-likeness (QED) is 0.814. The molecule has 0 fully saturated rings. The Bertz CT molecular complexity index is 621. The molecule has 0 aromatic heterocycles. The highest BCUT2D eigenvalue weighted by Gasteiger charge is 2.18. The average Bonchev–Trinajstić information content (AvgIpc) is 2.46. The SMILES string of the molecule is COc1ccc(Cc2cc(N(C)C)ccc2C(C)(C)C)cc1. The second-order valence-electron chi connectivity index (χ2n) is 7.01. The molecule has 2 heteroatoms. The van der Waals surface area contributed by atoms with Crippen LogP contribution >= 0.6 is 0 Å². The summed E-state index contributed by atoms with van der Waals surface area (Å²) >= 11 is 0. The number of methoxy groups -OCH3 is 1. The van der Waals surface area contributed by atoms with Crippen molar-refractivity contribution >= 4 is 5.69 Å². The topological polar surface area (TPSA) is 12.5 Å². The molecule has 22 heavy (non-hydrogen) atoms. The summed E-state index contributed by atoms with van der Waals surface area (Å²) < 4.78 is 5.24. The van der Waals surface area contributed by atoms with Crippen LogP contribution in [0.15, 0.2) is 42.5 Å². The molecule has 0 aliphatic rings. The first kappa shape index (κ1) is 16.4. The highest BCUT2D eigenvalue weighted by molar-refractivity contribution is 5.52. The van der Waals surface area contributed by atoms with Crippen LogP contribution in [0.2, 0.25) is 0 Å². The van der Waals surface area contributed by atoms with Crippen molar-refractivity contribution in [2.24, 2.45) is 0 Å². The van der Waals surface area contributed by atoms with Gasteiger partial charge >= 0.3 is 0 Å². The van der Waals surface area contributed by atoms with E-state index in [0.717, 1.165) is 12.2 Å². The zero-order chi connectivity index (χ0) is 16.3. The summed E-state index contributed by atoms with van der Waals surface area (Å²) in [5.41, 5.74) is 5.50. The fraction of sp³-hybridized carbons (Fsp3) is 0.400. The summed E-state index contributed by atoms with van der Waals surface area (Å²) in [4.78, 5) is 2.16. The van der Waals surface area contributed by atoms with E-state index in [1.165, 1.54) is 22.4 Å². The fourth-order valence-corrected chi connectivity index (χ4v) is 2.70. The summed E-state index contributed by atoms with van der Waals surface area (Å²) in [7, 11) is 5.87. The molecule has 0 aliphatic carbocycles. The number of ether oxygens (including phenoxy) is 1. The molecule has 2 aromatic carbocycles. The molecule has 0 amide bonds. The Morgan fingerprint density at radius 1 is 0.955 bits per heavy atom. The molecule has 0 atom stereocenters. The van der Waals surface area contributed by atoms with Crippen LogP contribution < -0.4 is 9.64 Å². The van der Waals surface area contributed by atoms with Gasteiger partial charge in [0.2, 0.25) is 0 Å². The van der Waals surface area contributed by atoms with Gasteiger partial charge in [-0.25, -0.2) is 0 Å². The third-order valence-corrected chi connectivity index (χ3v) is 3.97. The zero-order valence-corrected chi connectivity index (χ0v) is 14.6. The zero-order valence-electron chi connectivity index (χ0n) is 14.6. The van der Waals surface area contributed by atoms with E-state index in [4.69, 9.17) is 4.74 Å². The van der Waals surface area contributed by atoms with Crippen molar-refractivity contribution in [2.45, 2.75) is 32.6 Å². The van der Waals surface area contributed by atoms with Crippen molar-refractivity contribution < 1.29 is 4.74 Å². The molecule has 118 valence electrons. The molecular formula is C20H27NO. The first-order valence-corrected chi connectivity index (χ1v) is 7.75. The number of benzene rings is 2. The van der Waals surface area contributed by atoms with Crippen molar-refractivity contribution in [3.63, 3.8) is 0 Å². The van der Waals surface area contributed by atoms with Crippen LogP contribution in [-0.2, 0) is 11.8 Å². The Morgan fingerprint density at radius 3 is 2.09 bits per heavy atom. The summed E-state index contributed by atoms with van der Waals surface area (Å²) in [5.74, 6) is 0.904. The van der Waals surface area contributed by atoms with Crippen molar-refractivity contribution in [2.75, 3.05) is 26.1 Å². The Kier molecular flexibility index (Phi) is 4.80. The molecule has 0 saturated heterocycles. The Hall–Kier alpha value is -1.96. The first-order chi connectivity index (χ1) is 10.3. The lowest BCUT2D eigenvalue weighted by atomic mass is 9.82. The number of nitrogens with zero attached hydrogens (tertiary/aromatic N) is 1. The van der Waals surface area contributed by atoms with Gasteiger partial charge in [0, 0.05) is 19.8 Å². The molecule has 2 rings (SSSR count). The van der Waals surface area contributed by atoms with Crippen molar-refractivity contribution in [1.29, 1.82) is 0 Å². The normalized spacial score (nSPS) is 11.4. The molecule has 0 unspecified atom stereocenters. The van der Waals surface area contributed by atoms with E-state index >= 15 is 0 Å². The van der Waals surface area contributed by atoms with E-state index in [1.54, 1.807) is 7.11 Å². The fourth-order valence-electron chi connectivity index (χ4n) is 2.70. The van der Waals surface area contributed by atoms with Crippen molar-refractivity contribution in [3.8, 4) is 5.75 Å². The predicted molar refractivity (Wildman–Crippen MR) is 95.3 cm³/mol. The van der Waals surface area contributed by atoms with Gasteiger partial charge in [-0.15, -0.1) is 0 Å². The largest absolute Gasteiger partial charge is 0.497 e. The smallest absolute Gasteiger partial charge is 0.118 e. The Labute approximate surface area is 134 Å². The van der Waals surface area contributed by atoms with Crippen molar-refractivity contribution in [1.82, 2.24) is 0 Å². The van der Waals surface area contributed by atoms with Gasteiger partial charge in [0.05, 0.1) is 7.11 Å². The lowest BCUT2D eigenvalue weighted by molar-refractivity contribution is 0.414. The summed E-state index contributed by atoms with van der Waals surface area (Å²) in [6.45, 7) is 6.82. The summed E-state index contributed by atoms with van der Waals surface area (Å²) in [6.07, 6.45) is 0.943. The third kappa shape index (κ3) is 3.82. The maximum absolute atomic E-state index is 5.24. The first-order valence-electron chi connectivity index (χ1n) is 7.75. The number of rotatable bonds is 4. The van der Waals surface area contributed by atoms with Crippen molar-refractivity contribution in [3.05, 3.63) is 59.2 Å². The summed E-state index contributed by atoms with van der Waals surface area (Å²) in [5, 5.41) is 0. The van der Waals surface area contributed by atoms with E-state index in [9.17, 15) is 0 Å². The number of hydrogen-bond acceptors (Lipinski definition) is 2. The van der Waals surface area contributed by atoms with E-state index in [0.29, 0.717) is 0 Å². The van der Waals surface area contributed by atoms with E-state index < -0.39 is 0 Å². The van der Waals surface area contributed by atoms with E-state index in [-0.39, 0.29) is 5.41 Å². The van der Waals surface area contributed by atoms with Crippen LogP contribution in [0.5, 0.6) is 5.75 Å². The predicted octanol–water partition coefficient (Wildman–Crippen LogP) is 4.65. The average molecular weight is 297 g/mol. The van der Waals surface area contributed by atoms with Gasteiger partial charge in [-0.1, -0.05) is 39.0 Å². The van der Waals surface area contributed by atoms with Gasteiger partial charge in [0.15, 0.2) is 0 Å². The molecule has 0 spiro atoms. The molecule has 2 aromatic rings. The molecule has 0 radical (unpaired) electrons. The Balaban J connectivity index is 2.39. The van der Waals surface area contributed by atoms with Gasteiger partial charge < -0.3 is 9.64 Å². The molecule has 0 heterocycles. The third-order valence-electron chi connectivity index (χ3n) is 3.97. The van der Waals surface area contributed by atoms with E-state index in [1.807, 2.05) is 12.1 Å². The van der Waals surface area contributed by atoms with Gasteiger partial charge in [-0.3, -0.25) is 0 Å². The van der Waals surface area contributed by atoms with Crippen LogP contribution in [0, 0.1) is 0 Å². The minimum Gasteiger partial charge on any atom is -0.497 e. The van der Waals surface area contributed by atoms with E-state index in [2.05, 4.69) is 70.1 Å². The number of hydrogen-bond donors (Lipinski definition) is 0. The molecule has 2 nitrogen and oxygen atoms in total. The second kappa shape index (κ2) is 6.43. The van der Waals surface area contributed by atoms with Crippen LogP contribution in [-0.4, -0.2) is 21.2 Å². The van der Waals surface area contributed by atoms with Crippen LogP contribution in [0.3, 0.4) is 0 Å². The minimum atomic E-state index is 0.145. The lowest BCUT2D eigenvalue weighted by Gasteiger charge is -2.25. The van der Waals surface area contributed by atoms with Gasteiger partial charge in [-0.05, 0) is 52.8 Å². The lowest BCUT2D eigenvalue weighted by Crippen LogP contribution is -2.16. The monoisotopic (exact) mass is 297 g/mol. The van der Waals surface area contributed by atoms with Gasteiger partial charge in [0.25, 0.3) is 0 Å². The minimum absolute atomic E-state index is 0.145. The highest BCUT2D eigenvalue weighted by Crippen LogP contribution is 2.30. The number of anilines is 1. The maximum Gasteiger partial charge on any atom is 0.118 e. The van der Waals surface area contributed by atoms with Crippen LogP contribution in [0.4, 0.5) is 5.69 Å². The summed E-state index contributed by atoms with van der Waals surface area (Å²) in [6, 6.07) is 15.1. The van der Waals surface area contributed by atoms with Crippen LogP contribution in [0.25, 0.3) is 0 Å². The second-order valence-corrected chi connectivity index (χ2v) is 7.01. The molecule has 0 saturated carbocycles.